The monoisotopic (exact) mass is 358 g/mol. The quantitative estimate of drug-likeness (QED) is 0.663. The van der Waals surface area contributed by atoms with Crippen molar-refractivity contribution in [1.29, 1.82) is 5.26 Å². The first-order valence-corrected chi connectivity index (χ1v) is 7.69. The summed E-state index contributed by atoms with van der Waals surface area (Å²) in [5.41, 5.74) is 0.378. The number of pyridine rings is 1. The molecule has 0 spiro atoms. The van der Waals surface area contributed by atoms with Crippen molar-refractivity contribution in [2.24, 2.45) is 7.05 Å². The van der Waals surface area contributed by atoms with Gasteiger partial charge in [-0.1, -0.05) is 0 Å². The maximum absolute atomic E-state index is 13.4. The Bertz CT molecular complexity index is 1030. The summed E-state index contributed by atoms with van der Waals surface area (Å²) in [5, 5.41) is 9.02. The lowest BCUT2D eigenvalue weighted by Crippen LogP contribution is -2.10. The number of hydrogen-bond donors (Lipinski definition) is 0. The van der Waals surface area contributed by atoms with Gasteiger partial charge in [0.15, 0.2) is 6.29 Å². The molecule has 5 nitrogen and oxygen atoms in total. The molecule has 0 N–H and O–H groups in total. The number of aldehydes is 1. The van der Waals surface area contributed by atoms with Crippen LogP contribution in [0.4, 0.5) is 13.2 Å². The molecule has 0 atom stereocenters. The van der Waals surface area contributed by atoms with Crippen LogP contribution in [0.1, 0.15) is 27.9 Å². The molecule has 0 saturated heterocycles. The molecule has 0 saturated carbocycles. The third kappa shape index (κ3) is 3.16. The molecule has 2 aromatic heterocycles. The maximum Gasteiger partial charge on any atom is 0.416 e. The molecule has 0 aliphatic rings. The van der Waals surface area contributed by atoms with Crippen molar-refractivity contribution in [2.75, 3.05) is 0 Å². The van der Waals surface area contributed by atoms with E-state index in [2.05, 4.69) is 9.97 Å². The van der Waals surface area contributed by atoms with Crippen LogP contribution in [0.2, 0.25) is 0 Å². The van der Waals surface area contributed by atoms with Crippen molar-refractivity contribution < 1.29 is 18.0 Å². The molecule has 3 rings (SSSR count). The summed E-state index contributed by atoms with van der Waals surface area (Å²) < 4.78 is 42.0. The van der Waals surface area contributed by atoms with Gasteiger partial charge in [-0.25, -0.2) is 9.97 Å². The van der Waals surface area contributed by atoms with Crippen LogP contribution in [0.3, 0.4) is 0 Å². The van der Waals surface area contributed by atoms with Crippen LogP contribution in [-0.4, -0.2) is 20.8 Å². The molecule has 0 aliphatic carbocycles. The second-order valence-corrected chi connectivity index (χ2v) is 5.79. The van der Waals surface area contributed by atoms with Crippen molar-refractivity contribution in [2.45, 2.75) is 19.0 Å². The van der Waals surface area contributed by atoms with E-state index in [-0.39, 0.29) is 29.5 Å². The number of carbonyl (C=O) groups excluding carboxylic acids is 1. The van der Waals surface area contributed by atoms with Gasteiger partial charge in [0.2, 0.25) is 0 Å². The third-order valence-electron chi connectivity index (χ3n) is 4.08. The minimum absolute atomic E-state index is 0.0234. The highest BCUT2D eigenvalue weighted by Crippen LogP contribution is 2.36. The fourth-order valence-corrected chi connectivity index (χ4v) is 2.84. The number of benzene rings is 1. The van der Waals surface area contributed by atoms with Gasteiger partial charge in [-0.2, -0.15) is 18.4 Å². The average Bonchev–Trinajstić information content (AvgIpc) is 3.03. The van der Waals surface area contributed by atoms with Crippen LogP contribution in [0.5, 0.6) is 0 Å². The van der Waals surface area contributed by atoms with Crippen molar-refractivity contribution in [3.05, 3.63) is 47.4 Å². The highest BCUT2D eigenvalue weighted by Gasteiger charge is 2.34. The Labute approximate surface area is 146 Å². The predicted molar refractivity (Wildman–Crippen MR) is 88.3 cm³/mol. The Kier molecular flexibility index (Phi) is 4.47. The Morgan fingerprint density at radius 2 is 2.08 bits per heavy atom. The number of fused-ring (bicyclic) bond motifs is 1. The molecule has 0 radical (unpaired) electrons. The summed E-state index contributed by atoms with van der Waals surface area (Å²) in [4.78, 5) is 19.8. The summed E-state index contributed by atoms with van der Waals surface area (Å²) in [6, 6.07) is 5.61. The number of rotatable bonds is 4. The zero-order valence-electron chi connectivity index (χ0n) is 13.7. The van der Waals surface area contributed by atoms with Crippen LogP contribution in [0.15, 0.2) is 30.7 Å². The normalized spacial score (nSPS) is 11.5. The van der Waals surface area contributed by atoms with E-state index in [0.717, 1.165) is 6.07 Å². The fraction of sp³-hybridized carbons (Fsp3) is 0.222. The molecule has 132 valence electrons. The van der Waals surface area contributed by atoms with E-state index in [1.165, 1.54) is 24.7 Å². The maximum atomic E-state index is 13.4. The average molecular weight is 358 g/mol. The molecule has 8 heteroatoms. The lowest BCUT2D eigenvalue weighted by molar-refractivity contribution is -0.138. The molecule has 0 bridgehead atoms. The summed E-state index contributed by atoms with van der Waals surface area (Å²) in [5.74, 6) is 0. The molecular weight excluding hydrogens is 345 g/mol. The Balaban J connectivity index is 2.29. The largest absolute Gasteiger partial charge is 0.416 e. The summed E-state index contributed by atoms with van der Waals surface area (Å²) >= 11 is 0. The van der Waals surface area contributed by atoms with Crippen molar-refractivity contribution >= 4 is 17.2 Å². The van der Waals surface area contributed by atoms with Gasteiger partial charge in [-0.05, 0) is 30.2 Å². The van der Waals surface area contributed by atoms with Crippen LogP contribution in [0.25, 0.3) is 22.3 Å². The first kappa shape index (κ1) is 17.6. The van der Waals surface area contributed by atoms with Gasteiger partial charge in [0.05, 0.1) is 41.1 Å². The zero-order valence-corrected chi connectivity index (χ0v) is 13.7. The van der Waals surface area contributed by atoms with E-state index in [0.29, 0.717) is 23.1 Å². The molecule has 0 amide bonds. The summed E-state index contributed by atoms with van der Waals surface area (Å²) in [6.07, 6.45) is -1.03. The Morgan fingerprint density at radius 3 is 2.65 bits per heavy atom. The van der Waals surface area contributed by atoms with Gasteiger partial charge in [-0.3, -0.25) is 4.79 Å². The molecule has 0 fully saturated rings. The number of nitrogens with zero attached hydrogens (tertiary/aromatic N) is 4. The highest BCUT2D eigenvalue weighted by atomic mass is 19.4. The Morgan fingerprint density at radius 1 is 1.31 bits per heavy atom. The van der Waals surface area contributed by atoms with E-state index < -0.39 is 11.7 Å². The number of aryl methyl sites for hydroxylation is 2. The Hall–Kier alpha value is -3.21. The molecule has 0 aliphatic heterocycles. The van der Waals surface area contributed by atoms with E-state index in [4.69, 9.17) is 5.26 Å². The highest BCUT2D eigenvalue weighted by molar-refractivity contribution is 5.98. The second-order valence-electron chi connectivity index (χ2n) is 5.79. The van der Waals surface area contributed by atoms with Crippen molar-refractivity contribution in [3.8, 4) is 17.5 Å². The lowest BCUT2D eigenvalue weighted by Gasteiger charge is -2.15. The predicted octanol–water partition coefficient (Wildman–Crippen LogP) is 3.92. The van der Waals surface area contributed by atoms with Crippen molar-refractivity contribution in [1.82, 2.24) is 14.5 Å². The van der Waals surface area contributed by atoms with E-state index >= 15 is 0 Å². The number of imidazole rings is 1. The van der Waals surface area contributed by atoms with Gasteiger partial charge >= 0.3 is 6.18 Å². The number of hydrogen-bond acceptors (Lipinski definition) is 4. The zero-order chi connectivity index (χ0) is 18.9. The molecular formula is C18H13F3N4O. The smallest absolute Gasteiger partial charge is 0.332 e. The van der Waals surface area contributed by atoms with Crippen LogP contribution in [0, 0.1) is 11.3 Å². The fourth-order valence-electron chi connectivity index (χ4n) is 2.84. The SMILES string of the molecule is Cn1cncc1-c1cc(C=O)c2cc(CCC#N)c(C(F)(F)F)cc2n1. The molecule has 0 unspecified atom stereocenters. The third-order valence-corrected chi connectivity index (χ3v) is 4.08. The van der Waals surface area contributed by atoms with Gasteiger partial charge in [0, 0.05) is 24.4 Å². The van der Waals surface area contributed by atoms with E-state index in [1.807, 2.05) is 6.07 Å². The number of nitriles is 1. The van der Waals surface area contributed by atoms with Gasteiger partial charge in [0.25, 0.3) is 0 Å². The topological polar surface area (TPSA) is 71.6 Å². The van der Waals surface area contributed by atoms with Gasteiger partial charge in [0.1, 0.15) is 0 Å². The lowest BCUT2D eigenvalue weighted by atomic mass is 9.97. The van der Waals surface area contributed by atoms with Gasteiger partial charge < -0.3 is 4.57 Å². The van der Waals surface area contributed by atoms with Crippen LogP contribution in [-0.2, 0) is 19.6 Å². The summed E-state index contributed by atoms with van der Waals surface area (Å²) in [6.45, 7) is 0. The molecule has 2 heterocycles. The standard InChI is InChI=1S/C18H13F3N4O/c1-25-10-23-8-17(25)16-6-12(9-26)13-5-11(3-2-4-22)14(18(19,20)21)7-15(13)24-16/h5-10H,2-3H2,1H3. The number of carbonyl (C=O) groups is 1. The van der Waals surface area contributed by atoms with Crippen LogP contribution < -0.4 is 0 Å². The number of halogens is 3. The minimum Gasteiger partial charge on any atom is -0.332 e. The van der Waals surface area contributed by atoms with E-state index in [9.17, 15) is 18.0 Å². The summed E-state index contributed by atoms with van der Waals surface area (Å²) in [7, 11) is 1.72. The number of alkyl halides is 3. The van der Waals surface area contributed by atoms with Crippen LogP contribution >= 0.6 is 0 Å². The molecule has 26 heavy (non-hydrogen) atoms. The molecule has 1 aromatic carbocycles. The number of aromatic nitrogens is 3. The first-order chi connectivity index (χ1) is 12.3. The van der Waals surface area contributed by atoms with Crippen molar-refractivity contribution in [3.63, 3.8) is 0 Å². The molecule has 3 aromatic rings. The second kappa shape index (κ2) is 6.59. The van der Waals surface area contributed by atoms with Gasteiger partial charge in [-0.15, -0.1) is 0 Å². The minimum atomic E-state index is -4.58. The first-order valence-electron chi connectivity index (χ1n) is 7.69. The van der Waals surface area contributed by atoms with E-state index in [1.54, 1.807) is 11.6 Å².